The maximum Gasteiger partial charge on any atom is 0.414 e. The number of anilines is 2. The first-order valence-corrected chi connectivity index (χ1v) is 7.88. The molecule has 0 radical (unpaired) electrons. The van der Waals surface area contributed by atoms with Gasteiger partial charge in [-0.05, 0) is 18.2 Å². The van der Waals surface area contributed by atoms with E-state index in [2.05, 4.69) is 0 Å². The number of cyclic esters (lactones) is 1. The highest BCUT2D eigenvalue weighted by molar-refractivity contribution is 5.90. The Bertz CT molecular complexity index is 646. The van der Waals surface area contributed by atoms with Crippen LogP contribution >= 0.6 is 0 Å². The molecule has 130 valence electrons. The molecule has 3 rings (SSSR count). The van der Waals surface area contributed by atoms with E-state index in [9.17, 15) is 14.0 Å². The topological polar surface area (TPSA) is 73.3 Å². The summed E-state index contributed by atoms with van der Waals surface area (Å²) in [5.41, 5.74) is 0.854. The number of hydrogen-bond donors (Lipinski definition) is 1. The molecule has 0 saturated carbocycles. The first-order valence-electron chi connectivity index (χ1n) is 7.88. The van der Waals surface area contributed by atoms with Crippen molar-refractivity contribution in [1.82, 2.24) is 4.90 Å². The number of hydrogen-bond acceptors (Lipinski definition) is 5. The van der Waals surface area contributed by atoms with Crippen LogP contribution in [0, 0.1) is 5.82 Å². The van der Waals surface area contributed by atoms with Crippen LogP contribution in [-0.2, 0) is 9.53 Å². The molecule has 2 aliphatic heterocycles. The van der Waals surface area contributed by atoms with Crippen molar-refractivity contribution < 1.29 is 23.8 Å². The van der Waals surface area contributed by atoms with Crippen LogP contribution < -0.4 is 9.80 Å². The molecule has 2 aliphatic rings. The first kappa shape index (κ1) is 16.5. The molecule has 2 saturated heterocycles. The zero-order chi connectivity index (χ0) is 17.3. The predicted molar refractivity (Wildman–Crippen MR) is 85.6 cm³/mol. The Morgan fingerprint density at radius 1 is 1.33 bits per heavy atom. The van der Waals surface area contributed by atoms with E-state index in [0.717, 1.165) is 0 Å². The number of carbonyl (C=O) groups excluding carboxylic acids is 2. The molecule has 1 aromatic carbocycles. The molecule has 0 aromatic heterocycles. The molecule has 1 atom stereocenters. The Morgan fingerprint density at radius 3 is 2.58 bits per heavy atom. The highest BCUT2D eigenvalue weighted by Gasteiger charge is 2.32. The average molecular weight is 337 g/mol. The van der Waals surface area contributed by atoms with Gasteiger partial charge in [0.2, 0.25) is 5.91 Å². The summed E-state index contributed by atoms with van der Waals surface area (Å²) in [7, 11) is 0. The number of piperazine rings is 1. The van der Waals surface area contributed by atoms with Crippen LogP contribution in [0.15, 0.2) is 18.2 Å². The fourth-order valence-corrected chi connectivity index (χ4v) is 3.01. The number of nitrogens with zero attached hydrogens (tertiary/aromatic N) is 3. The molecule has 7 nitrogen and oxygen atoms in total. The molecule has 0 bridgehead atoms. The zero-order valence-electron chi connectivity index (χ0n) is 13.4. The fourth-order valence-electron chi connectivity index (χ4n) is 3.01. The number of aliphatic hydroxyl groups excluding tert-OH is 1. The van der Waals surface area contributed by atoms with Crippen molar-refractivity contribution in [1.29, 1.82) is 0 Å². The summed E-state index contributed by atoms with van der Waals surface area (Å²) in [6.07, 6.45) is -1.17. The minimum absolute atomic E-state index is 0.0245. The minimum Gasteiger partial charge on any atom is -0.441 e. The lowest BCUT2D eigenvalue weighted by Gasteiger charge is -2.35. The van der Waals surface area contributed by atoms with Crippen molar-refractivity contribution in [3.05, 3.63) is 24.0 Å². The van der Waals surface area contributed by atoms with Gasteiger partial charge in [0.15, 0.2) is 0 Å². The lowest BCUT2D eigenvalue weighted by Crippen LogP contribution is -2.48. The van der Waals surface area contributed by atoms with Gasteiger partial charge in [0.05, 0.1) is 24.5 Å². The normalized spacial score (nSPS) is 21.2. The summed E-state index contributed by atoms with van der Waals surface area (Å²) < 4.78 is 19.5. The number of amides is 2. The predicted octanol–water partition coefficient (Wildman–Crippen LogP) is 0.812. The summed E-state index contributed by atoms with van der Waals surface area (Å²) in [5, 5.41) is 9.07. The molecular weight excluding hydrogens is 317 g/mol. The largest absolute Gasteiger partial charge is 0.441 e. The van der Waals surface area contributed by atoms with Crippen LogP contribution in [0.25, 0.3) is 0 Å². The van der Waals surface area contributed by atoms with Crippen LogP contribution in [0.1, 0.15) is 6.92 Å². The van der Waals surface area contributed by atoms with Gasteiger partial charge < -0.3 is 19.6 Å². The van der Waals surface area contributed by atoms with Gasteiger partial charge in [-0.3, -0.25) is 9.69 Å². The van der Waals surface area contributed by atoms with E-state index in [1.807, 2.05) is 4.90 Å². The SMILES string of the molecule is CC(=O)N1CCN(c2ccc(N3CC(CO)OC3=O)cc2F)CC1. The number of rotatable bonds is 3. The van der Waals surface area contributed by atoms with Crippen LogP contribution in [0.4, 0.5) is 20.6 Å². The zero-order valence-corrected chi connectivity index (χ0v) is 13.4. The van der Waals surface area contributed by atoms with Crippen LogP contribution in [-0.4, -0.2) is 67.4 Å². The van der Waals surface area contributed by atoms with E-state index in [1.54, 1.807) is 17.0 Å². The molecule has 1 unspecified atom stereocenters. The monoisotopic (exact) mass is 337 g/mol. The summed E-state index contributed by atoms with van der Waals surface area (Å²) in [6, 6.07) is 4.60. The third kappa shape index (κ3) is 3.14. The van der Waals surface area contributed by atoms with Crippen molar-refractivity contribution in [3.63, 3.8) is 0 Å². The molecule has 24 heavy (non-hydrogen) atoms. The van der Waals surface area contributed by atoms with Crippen LogP contribution in [0.3, 0.4) is 0 Å². The van der Waals surface area contributed by atoms with E-state index >= 15 is 0 Å². The first-order chi connectivity index (χ1) is 11.5. The van der Waals surface area contributed by atoms with Crippen LogP contribution in [0.2, 0.25) is 0 Å². The van der Waals surface area contributed by atoms with Crippen LogP contribution in [0.5, 0.6) is 0 Å². The third-order valence-corrected chi connectivity index (χ3v) is 4.39. The van der Waals surface area contributed by atoms with Gasteiger partial charge in [0, 0.05) is 33.1 Å². The van der Waals surface area contributed by atoms with Gasteiger partial charge in [-0.2, -0.15) is 0 Å². The lowest BCUT2D eigenvalue weighted by atomic mass is 10.2. The van der Waals surface area contributed by atoms with Crippen molar-refractivity contribution in [2.75, 3.05) is 49.1 Å². The Labute approximate surface area is 139 Å². The second kappa shape index (κ2) is 6.64. The average Bonchev–Trinajstić information content (AvgIpc) is 2.96. The molecule has 1 N–H and O–H groups in total. The number of carbonyl (C=O) groups is 2. The Morgan fingerprint density at radius 2 is 2.04 bits per heavy atom. The van der Waals surface area contributed by atoms with Crippen molar-refractivity contribution in [2.45, 2.75) is 13.0 Å². The quantitative estimate of drug-likeness (QED) is 0.884. The van der Waals surface area contributed by atoms with Gasteiger partial charge in [-0.1, -0.05) is 0 Å². The minimum atomic E-state index is -0.587. The van der Waals surface area contributed by atoms with E-state index in [-0.39, 0.29) is 19.1 Å². The van der Waals surface area contributed by atoms with Gasteiger partial charge in [-0.25, -0.2) is 9.18 Å². The van der Waals surface area contributed by atoms with Crippen molar-refractivity contribution >= 4 is 23.4 Å². The smallest absolute Gasteiger partial charge is 0.414 e. The number of ether oxygens (including phenoxy) is 1. The molecular formula is C16H20FN3O4. The number of halogens is 1. The molecule has 1 aromatic rings. The third-order valence-electron chi connectivity index (χ3n) is 4.39. The maximum atomic E-state index is 14.5. The van der Waals surface area contributed by atoms with Gasteiger partial charge >= 0.3 is 6.09 Å². The van der Waals surface area contributed by atoms with Crippen molar-refractivity contribution in [3.8, 4) is 0 Å². The number of benzene rings is 1. The van der Waals surface area contributed by atoms with Gasteiger partial charge in [0.25, 0.3) is 0 Å². The molecule has 2 amide bonds. The highest BCUT2D eigenvalue weighted by Crippen LogP contribution is 2.28. The van der Waals surface area contributed by atoms with Gasteiger partial charge in [-0.15, -0.1) is 0 Å². The van der Waals surface area contributed by atoms with E-state index in [0.29, 0.717) is 37.6 Å². The second-order valence-electron chi connectivity index (χ2n) is 5.93. The fraction of sp³-hybridized carbons (Fsp3) is 0.500. The molecule has 2 heterocycles. The summed E-state index contributed by atoms with van der Waals surface area (Å²) in [5.74, 6) is -0.402. The molecule has 0 spiro atoms. The lowest BCUT2D eigenvalue weighted by molar-refractivity contribution is -0.129. The molecule has 2 fully saturated rings. The Balaban J connectivity index is 1.72. The number of aliphatic hydroxyl groups is 1. The molecule has 0 aliphatic carbocycles. The summed E-state index contributed by atoms with van der Waals surface area (Å²) >= 11 is 0. The second-order valence-corrected chi connectivity index (χ2v) is 5.93. The van der Waals surface area contributed by atoms with Gasteiger partial charge in [0.1, 0.15) is 11.9 Å². The standard InChI is InChI=1S/C16H20FN3O4/c1-11(22)18-4-6-19(7-5-18)15-3-2-12(8-14(15)17)20-9-13(10-21)24-16(20)23/h2-3,8,13,21H,4-7,9-10H2,1H3. The summed E-state index contributed by atoms with van der Waals surface area (Å²) in [6.45, 7) is 3.72. The summed E-state index contributed by atoms with van der Waals surface area (Å²) in [4.78, 5) is 28.0. The van der Waals surface area contributed by atoms with E-state index < -0.39 is 18.0 Å². The maximum absolute atomic E-state index is 14.5. The van der Waals surface area contributed by atoms with E-state index in [1.165, 1.54) is 17.9 Å². The van der Waals surface area contributed by atoms with Crippen molar-refractivity contribution in [2.24, 2.45) is 0 Å². The van der Waals surface area contributed by atoms with E-state index in [4.69, 9.17) is 9.84 Å². The highest BCUT2D eigenvalue weighted by atomic mass is 19.1. The Kier molecular flexibility index (Phi) is 4.57. The Hall–Kier alpha value is -2.35. The molecule has 8 heteroatoms.